The second-order valence-electron chi connectivity index (χ2n) is 6.61. The third-order valence-corrected chi connectivity index (χ3v) is 3.12. The molecule has 5 heteroatoms. The van der Waals surface area contributed by atoms with Crippen molar-refractivity contribution in [2.75, 3.05) is 19.0 Å². The molecule has 2 N–H and O–H groups in total. The van der Waals surface area contributed by atoms with Gasteiger partial charge in [0.05, 0.1) is 13.2 Å². The Balaban J connectivity index is 2.55. The molecule has 124 valence electrons. The molecular formula is C17H28N2O3. The van der Waals surface area contributed by atoms with Crippen LogP contribution in [-0.4, -0.2) is 31.4 Å². The summed E-state index contributed by atoms with van der Waals surface area (Å²) in [7, 11) is 1.64. The highest BCUT2D eigenvalue weighted by molar-refractivity contribution is 5.68. The molecule has 1 amide bonds. The van der Waals surface area contributed by atoms with Crippen molar-refractivity contribution in [3.05, 3.63) is 24.3 Å². The van der Waals surface area contributed by atoms with Gasteiger partial charge in [0, 0.05) is 12.2 Å². The first-order chi connectivity index (χ1) is 10.2. The van der Waals surface area contributed by atoms with Crippen molar-refractivity contribution in [1.82, 2.24) is 5.32 Å². The number of nitrogens with one attached hydrogen (secondary N) is 2. The lowest BCUT2D eigenvalue weighted by atomic mass is 10.0. The standard InChI is InChI=1S/C17H28N2O3/c1-12(2)15(19-16(20)22-17(3,4)5)11-18-13-7-9-14(21-6)10-8-13/h7-10,12,15,18H,11H2,1-6H3,(H,19,20)/t15-/m1/s1. The molecule has 0 unspecified atom stereocenters. The Bertz CT molecular complexity index is 464. The molecule has 0 aliphatic rings. The van der Waals surface area contributed by atoms with E-state index in [9.17, 15) is 4.79 Å². The summed E-state index contributed by atoms with van der Waals surface area (Å²) >= 11 is 0. The van der Waals surface area contributed by atoms with Crippen molar-refractivity contribution in [3.8, 4) is 5.75 Å². The summed E-state index contributed by atoms with van der Waals surface area (Å²) in [6, 6.07) is 7.67. The number of rotatable bonds is 6. The number of amides is 1. The van der Waals surface area contributed by atoms with Gasteiger partial charge in [-0.25, -0.2) is 4.79 Å². The second-order valence-corrected chi connectivity index (χ2v) is 6.61. The summed E-state index contributed by atoms with van der Waals surface area (Å²) in [5, 5.41) is 6.24. The zero-order valence-corrected chi connectivity index (χ0v) is 14.4. The smallest absolute Gasteiger partial charge is 0.407 e. The molecule has 0 heterocycles. The number of carbonyl (C=O) groups is 1. The van der Waals surface area contributed by atoms with E-state index in [1.54, 1.807) is 7.11 Å². The van der Waals surface area contributed by atoms with E-state index >= 15 is 0 Å². The van der Waals surface area contributed by atoms with Crippen LogP contribution in [-0.2, 0) is 4.74 Å². The molecule has 5 nitrogen and oxygen atoms in total. The topological polar surface area (TPSA) is 59.6 Å². The van der Waals surface area contributed by atoms with Gasteiger partial charge in [-0.2, -0.15) is 0 Å². The van der Waals surface area contributed by atoms with Crippen molar-refractivity contribution in [1.29, 1.82) is 0 Å². The molecule has 1 rings (SSSR count). The van der Waals surface area contributed by atoms with Crippen LogP contribution in [0.2, 0.25) is 0 Å². The number of carbonyl (C=O) groups excluding carboxylic acids is 1. The molecule has 22 heavy (non-hydrogen) atoms. The second kappa shape index (κ2) is 7.92. The molecule has 1 aromatic carbocycles. The van der Waals surface area contributed by atoms with E-state index < -0.39 is 5.60 Å². The summed E-state index contributed by atoms with van der Waals surface area (Å²) in [6.45, 7) is 10.3. The Hall–Kier alpha value is -1.91. The van der Waals surface area contributed by atoms with Crippen molar-refractivity contribution < 1.29 is 14.3 Å². The fourth-order valence-electron chi connectivity index (χ4n) is 1.85. The first-order valence-electron chi connectivity index (χ1n) is 7.58. The molecule has 0 aliphatic carbocycles. The predicted molar refractivity (Wildman–Crippen MR) is 89.5 cm³/mol. The number of methoxy groups -OCH3 is 1. The fourth-order valence-corrected chi connectivity index (χ4v) is 1.85. The van der Waals surface area contributed by atoms with Gasteiger partial charge in [-0.05, 0) is 51.0 Å². The number of ether oxygens (including phenoxy) is 2. The molecule has 0 bridgehead atoms. The normalized spacial score (nSPS) is 12.7. The Labute approximate surface area is 133 Å². The van der Waals surface area contributed by atoms with Crippen LogP contribution in [0.5, 0.6) is 5.75 Å². The number of alkyl carbamates (subject to hydrolysis) is 1. The van der Waals surface area contributed by atoms with E-state index in [1.165, 1.54) is 0 Å². The van der Waals surface area contributed by atoms with Crippen molar-refractivity contribution in [2.24, 2.45) is 5.92 Å². The largest absolute Gasteiger partial charge is 0.497 e. The quantitative estimate of drug-likeness (QED) is 0.842. The SMILES string of the molecule is COc1ccc(NC[C@@H](NC(=O)OC(C)(C)C)C(C)C)cc1. The Morgan fingerprint density at radius 1 is 1.18 bits per heavy atom. The van der Waals surface area contributed by atoms with Crippen LogP contribution in [0, 0.1) is 5.92 Å². The lowest BCUT2D eigenvalue weighted by Crippen LogP contribution is -2.45. The van der Waals surface area contributed by atoms with Gasteiger partial charge in [-0.15, -0.1) is 0 Å². The van der Waals surface area contributed by atoms with Crippen molar-refractivity contribution >= 4 is 11.8 Å². The van der Waals surface area contributed by atoms with E-state index in [2.05, 4.69) is 24.5 Å². The fraction of sp³-hybridized carbons (Fsp3) is 0.588. The van der Waals surface area contributed by atoms with Crippen LogP contribution in [0.1, 0.15) is 34.6 Å². The number of hydrogen-bond acceptors (Lipinski definition) is 4. The van der Waals surface area contributed by atoms with Crippen LogP contribution in [0.15, 0.2) is 24.3 Å². The molecule has 0 spiro atoms. The van der Waals surface area contributed by atoms with E-state index in [0.717, 1.165) is 11.4 Å². The maximum absolute atomic E-state index is 11.9. The Kier molecular flexibility index (Phi) is 6.53. The van der Waals surface area contributed by atoms with Gasteiger partial charge in [0.25, 0.3) is 0 Å². The maximum atomic E-state index is 11.9. The third kappa shape index (κ3) is 6.70. The van der Waals surface area contributed by atoms with Gasteiger partial charge >= 0.3 is 6.09 Å². The van der Waals surface area contributed by atoms with E-state index in [0.29, 0.717) is 12.5 Å². The molecule has 0 saturated heterocycles. The van der Waals surface area contributed by atoms with Gasteiger partial charge in [-0.1, -0.05) is 13.8 Å². The summed E-state index contributed by atoms with van der Waals surface area (Å²) < 4.78 is 10.4. The summed E-state index contributed by atoms with van der Waals surface area (Å²) in [5.41, 5.74) is 0.493. The zero-order chi connectivity index (χ0) is 16.8. The van der Waals surface area contributed by atoms with Gasteiger partial charge < -0.3 is 20.1 Å². The molecule has 1 aromatic rings. The predicted octanol–water partition coefficient (Wildman–Crippen LogP) is 3.66. The minimum absolute atomic E-state index is 0.0167. The average molecular weight is 308 g/mol. The summed E-state index contributed by atoms with van der Waals surface area (Å²) in [6.07, 6.45) is -0.386. The Morgan fingerprint density at radius 2 is 1.77 bits per heavy atom. The monoisotopic (exact) mass is 308 g/mol. The highest BCUT2D eigenvalue weighted by Crippen LogP contribution is 2.15. The molecule has 0 saturated carbocycles. The third-order valence-electron chi connectivity index (χ3n) is 3.12. The van der Waals surface area contributed by atoms with E-state index in [4.69, 9.17) is 9.47 Å². The van der Waals surface area contributed by atoms with Gasteiger partial charge in [-0.3, -0.25) is 0 Å². The first kappa shape index (κ1) is 18.1. The number of benzene rings is 1. The molecule has 0 aliphatic heterocycles. The van der Waals surface area contributed by atoms with Gasteiger partial charge in [0.1, 0.15) is 11.4 Å². The zero-order valence-electron chi connectivity index (χ0n) is 14.4. The average Bonchev–Trinajstić information content (AvgIpc) is 2.41. The van der Waals surface area contributed by atoms with Crippen LogP contribution in [0.25, 0.3) is 0 Å². The summed E-state index contributed by atoms with van der Waals surface area (Å²) in [5.74, 6) is 1.11. The number of anilines is 1. The molecule has 1 atom stereocenters. The number of hydrogen-bond donors (Lipinski definition) is 2. The van der Waals surface area contributed by atoms with Gasteiger partial charge in [0.15, 0.2) is 0 Å². The molecule has 0 fully saturated rings. The minimum atomic E-state index is -0.491. The summed E-state index contributed by atoms with van der Waals surface area (Å²) in [4.78, 5) is 11.9. The maximum Gasteiger partial charge on any atom is 0.407 e. The van der Waals surface area contributed by atoms with Crippen LogP contribution in [0.4, 0.5) is 10.5 Å². The molecular weight excluding hydrogens is 280 g/mol. The molecule has 0 aromatic heterocycles. The highest BCUT2D eigenvalue weighted by Gasteiger charge is 2.21. The lowest BCUT2D eigenvalue weighted by Gasteiger charge is -2.26. The van der Waals surface area contributed by atoms with E-state index in [-0.39, 0.29) is 12.1 Å². The lowest BCUT2D eigenvalue weighted by molar-refractivity contribution is 0.0494. The van der Waals surface area contributed by atoms with Crippen molar-refractivity contribution in [2.45, 2.75) is 46.3 Å². The highest BCUT2D eigenvalue weighted by atomic mass is 16.6. The van der Waals surface area contributed by atoms with Crippen LogP contribution in [0.3, 0.4) is 0 Å². The molecule has 0 radical (unpaired) electrons. The first-order valence-corrected chi connectivity index (χ1v) is 7.58. The Morgan fingerprint density at radius 3 is 2.23 bits per heavy atom. The van der Waals surface area contributed by atoms with Crippen LogP contribution < -0.4 is 15.4 Å². The minimum Gasteiger partial charge on any atom is -0.497 e. The van der Waals surface area contributed by atoms with E-state index in [1.807, 2.05) is 45.0 Å². The van der Waals surface area contributed by atoms with Crippen LogP contribution >= 0.6 is 0 Å². The van der Waals surface area contributed by atoms with Gasteiger partial charge in [0.2, 0.25) is 0 Å². The van der Waals surface area contributed by atoms with Crippen molar-refractivity contribution in [3.63, 3.8) is 0 Å².